The van der Waals surface area contributed by atoms with Gasteiger partial charge in [0.2, 0.25) is 0 Å². The summed E-state index contributed by atoms with van der Waals surface area (Å²) in [5.41, 5.74) is 4.22. The SMILES string of the molecule is CCC/C(=N/NC(=S)NC)c1cccc([N+](=O)[O-])c1. The molecule has 2 N–H and O–H groups in total. The van der Waals surface area contributed by atoms with Crippen molar-refractivity contribution in [1.82, 2.24) is 10.7 Å². The number of benzene rings is 1. The highest BCUT2D eigenvalue weighted by Crippen LogP contribution is 2.15. The number of hydrogen-bond donors (Lipinski definition) is 2. The number of thiocarbonyl (C=S) groups is 1. The maximum absolute atomic E-state index is 10.8. The number of non-ortho nitro benzene ring substituents is 1. The lowest BCUT2D eigenvalue weighted by molar-refractivity contribution is -0.384. The molecule has 7 heteroatoms. The topological polar surface area (TPSA) is 79.6 Å². The van der Waals surface area contributed by atoms with Crippen LogP contribution in [-0.4, -0.2) is 22.8 Å². The molecule has 0 heterocycles. The van der Waals surface area contributed by atoms with Gasteiger partial charge in [-0.2, -0.15) is 5.10 Å². The summed E-state index contributed by atoms with van der Waals surface area (Å²) in [6.45, 7) is 2.02. The van der Waals surface area contributed by atoms with Crippen molar-refractivity contribution < 1.29 is 4.92 Å². The van der Waals surface area contributed by atoms with Crippen LogP contribution in [-0.2, 0) is 0 Å². The minimum absolute atomic E-state index is 0.0532. The summed E-state index contributed by atoms with van der Waals surface area (Å²) in [5, 5.41) is 18.1. The van der Waals surface area contributed by atoms with Gasteiger partial charge in [0, 0.05) is 24.7 Å². The normalized spacial score (nSPS) is 10.9. The predicted octanol–water partition coefficient (Wildman–Crippen LogP) is 2.19. The summed E-state index contributed by atoms with van der Waals surface area (Å²) in [5.74, 6) is 0. The minimum Gasteiger partial charge on any atom is -0.364 e. The summed E-state index contributed by atoms with van der Waals surface area (Å²) < 4.78 is 0. The van der Waals surface area contributed by atoms with Crippen LogP contribution in [0.4, 0.5) is 5.69 Å². The van der Waals surface area contributed by atoms with Crippen molar-refractivity contribution in [1.29, 1.82) is 0 Å². The second-order valence-electron chi connectivity index (χ2n) is 3.81. The van der Waals surface area contributed by atoms with Gasteiger partial charge in [0.1, 0.15) is 0 Å². The van der Waals surface area contributed by atoms with Crippen LogP contribution >= 0.6 is 12.2 Å². The highest BCUT2D eigenvalue weighted by molar-refractivity contribution is 7.80. The predicted molar refractivity (Wildman–Crippen MR) is 79.3 cm³/mol. The molecule has 0 aliphatic heterocycles. The van der Waals surface area contributed by atoms with Gasteiger partial charge in [-0.3, -0.25) is 15.5 Å². The summed E-state index contributed by atoms with van der Waals surface area (Å²) in [6.07, 6.45) is 1.59. The number of hydrazone groups is 1. The van der Waals surface area contributed by atoms with Gasteiger partial charge in [-0.15, -0.1) is 0 Å². The zero-order chi connectivity index (χ0) is 14.3. The van der Waals surface area contributed by atoms with E-state index < -0.39 is 4.92 Å². The molecule has 1 aromatic rings. The van der Waals surface area contributed by atoms with Gasteiger partial charge in [-0.25, -0.2) is 0 Å². The summed E-state index contributed by atoms with van der Waals surface area (Å²) in [6, 6.07) is 6.41. The molecule has 0 saturated heterocycles. The molecule has 0 aromatic heterocycles. The van der Waals surface area contributed by atoms with Crippen molar-refractivity contribution in [2.75, 3.05) is 7.05 Å². The van der Waals surface area contributed by atoms with E-state index in [1.54, 1.807) is 19.2 Å². The van der Waals surface area contributed by atoms with Crippen molar-refractivity contribution in [2.45, 2.75) is 19.8 Å². The molecule has 0 amide bonds. The first-order chi connectivity index (χ1) is 9.08. The van der Waals surface area contributed by atoms with Crippen LogP contribution in [0, 0.1) is 10.1 Å². The Morgan fingerprint density at radius 2 is 2.26 bits per heavy atom. The Hall–Kier alpha value is -2.02. The number of nitrogens with zero attached hydrogens (tertiary/aromatic N) is 2. The van der Waals surface area contributed by atoms with E-state index in [9.17, 15) is 10.1 Å². The highest BCUT2D eigenvalue weighted by Gasteiger charge is 2.09. The average Bonchev–Trinajstić information content (AvgIpc) is 2.43. The van der Waals surface area contributed by atoms with Crippen LogP contribution < -0.4 is 10.7 Å². The van der Waals surface area contributed by atoms with Crippen LogP contribution in [0.15, 0.2) is 29.4 Å². The quantitative estimate of drug-likeness (QED) is 0.374. The molecule has 0 saturated carbocycles. The van der Waals surface area contributed by atoms with Gasteiger partial charge in [-0.1, -0.05) is 25.5 Å². The largest absolute Gasteiger partial charge is 0.364 e. The summed E-state index contributed by atoms with van der Waals surface area (Å²) >= 11 is 4.94. The molecule has 0 unspecified atom stereocenters. The van der Waals surface area contributed by atoms with Crippen LogP contribution in [0.2, 0.25) is 0 Å². The van der Waals surface area contributed by atoms with E-state index in [0.717, 1.165) is 17.7 Å². The van der Waals surface area contributed by atoms with E-state index in [4.69, 9.17) is 12.2 Å². The lowest BCUT2D eigenvalue weighted by Gasteiger charge is -2.07. The van der Waals surface area contributed by atoms with Crippen LogP contribution in [0.1, 0.15) is 25.3 Å². The average molecular weight is 280 g/mol. The van der Waals surface area contributed by atoms with Crippen molar-refractivity contribution in [2.24, 2.45) is 5.10 Å². The first kappa shape index (κ1) is 15.0. The number of nitro benzene ring substituents is 1. The fourth-order valence-corrected chi connectivity index (χ4v) is 1.52. The molecule has 102 valence electrons. The molecule has 6 nitrogen and oxygen atoms in total. The Morgan fingerprint density at radius 1 is 1.53 bits per heavy atom. The second kappa shape index (κ2) is 7.42. The molecule has 1 aromatic carbocycles. The van der Waals surface area contributed by atoms with Crippen molar-refractivity contribution >= 4 is 28.7 Å². The van der Waals surface area contributed by atoms with Crippen LogP contribution in [0.25, 0.3) is 0 Å². The third-order valence-corrected chi connectivity index (χ3v) is 2.69. The number of rotatable bonds is 5. The number of nitro groups is 1. The third kappa shape index (κ3) is 4.63. The zero-order valence-corrected chi connectivity index (χ0v) is 11.7. The van der Waals surface area contributed by atoms with Gasteiger partial charge in [0.05, 0.1) is 10.6 Å². The molecule has 0 radical (unpaired) electrons. The van der Waals surface area contributed by atoms with Crippen molar-refractivity contribution in [3.05, 3.63) is 39.9 Å². The van der Waals surface area contributed by atoms with Crippen molar-refractivity contribution in [3.8, 4) is 0 Å². The molecular weight excluding hydrogens is 264 g/mol. The fourth-order valence-electron chi connectivity index (χ4n) is 1.47. The number of hydrogen-bond acceptors (Lipinski definition) is 4. The van der Waals surface area contributed by atoms with Gasteiger partial charge in [0.15, 0.2) is 5.11 Å². The molecule has 0 spiro atoms. The molecule has 0 aliphatic carbocycles. The Bertz CT molecular complexity index is 502. The lowest BCUT2D eigenvalue weighted by Crippen LogP contribution is -2.29. The molecule has 1 rings (SSSR count). The van der Waals surface area contributed by atoms with E-state index in [1.165, 1.54) is 12.1 Å². The molecule has 0 aliphatic rings. The Labute approximate surface area is 117 Å². The maximum Gasteiger partial charge on any atom is 0.270 e. The molecular formula is C12H16N4O2S. The molecule has 19 heavy (non-hydrogen) atoms. The van der Waals surface area contributed by atoms with E-state index in [-0.39, 0.29) is 5.69 Å². The van der Waals surface area contributed by atoms with Gasteiger partial charge in [0.25, 0.3) is 5.69 Å². The monoisotopic (exact) mass is 280 g/mol. The summed E-state index contributed by atoms with van der Waals surface area (Å²) in [4.78, 5) is 10.3. The molecule has 0 bridgehead atoms. The Morgan fingerprint density at radius 3 is 2.84 bits per heavy atom. The van der Waals surface area contributed by atoms with Crippen molar-refractivity contribution in [3.63, 3.8) is 0 Å². The molecule has 0 fully saturated rings. The zero-order valence-electron chi connectivity index (χ0n) is 10.8. The second-order valence-corrected chi connectivity index (χ2v) is 4.22. The number of nitrogens with one attached hydrogen (secondary N) is 2. The van der Waals surface area contributed by atoms with Gasteiger partial charge < -0.3 is 5.32 Å². The van der Waals surface area contributed by atoms with Crippen LogP contribution in [0.3, 0.4) is 0 Å². The Balaban J connectivity index is 3.01. The molecule has 0 atom stereocenters. The van der Waals surface area contributed by atoms with E-state index in [1.807, 2.05) is 6.92 Å². The third-order valence-electron chi connectivity index (χ3n) is 2.40. The van der Waals surface area contributed by atoms with E-state index in [2.05, 4.69) is 15.8 Å². The fraction of sp³-hybridized carbons (Fsp3) is 0.333. The van der Waals surface area contributed by atoms with Gasteiger partial charge >= 0.3 is 0 Å². The van der Waals surface area contributed by atoms with E-state index in [0.29, 0.717) is 11.5 Å². The lowest BCUT2D eigenvalue weighted by atomic mass is 10.1. The maximum atomic E-state index is 10.8. The first-order valence-electron chi connectivity index (χ1n) is 5.87. The minimum atomic E-state index is -0.418. The highest BCUT2D eigenvalue weighted by atomic mass is 32.1. The summed E-state index contributed by atoms with van der Waals surface area (Å²) in [7, 11) is 1.69. The smallest absolute Gasteiger partial charge is 0.270 e. The Kier molecular flexibility index (Phi) is 5.87. The first-order valence-corrected chi connectivity index (χ1v) is 6.28. The standard InChI is InChI=1S/C12H16N4O2S/c1-3-5-11(14-15-12(19)13-2)9-6-4-7-10(8-9)16(17)18/h4,6-8H,3,5H2,1-2H3,(H2,13,15,19)/b14-11-. The van der Waals surface area contributed by atoms with E-state index >= 15 is 0 Å². The van der Waals surface area contributed by atoms with Crippen LogP contribution in [0.5, 0.6) is 0 Å². The van der Waals surface area contributed by atoms with Gasteiger partial charge in [-0.05, 0) is 18.6 Å².